The minimum absolute atomic E-state index is 0.140. The van der Waals surface area contributed by atoms with E-state index in [2.05, 4.69) is 22.7 Å². The molecular formula is C17H17N3OS. The van der Waals surface area contributed by atoms with Crippen molar-refractivity contribution in [3.63, 3.8) is 0 Å². The first-order valence-electron chi connectivity index (χ1n) is 6.77. The maximum Gasteiger partial charge on any atom is 0.184 e. The zero-order valence-corrected chi connectivity index (χ0v) is 12.8. The quantitative estimate of drug-likeness (QED) is 0.489. The Labute approximate surface area is 135 Å². The summed E-state index contributed by atoms with van der Waals surface area (Å²) in [7, 11) is 0. The number of nitrogens with one attached hydrogen (secondary N) is 1. The van der Waals surface area contributed by atoms with Crippen molar-refractivity contribution < 1.29 is 4.74 Å². The third kappa shape index (κ3) is 5.76. The molecule has 0 aromatic heterocycles. The topological polar surface area (TPSA) is 59.6 Å². The van der Waals surface area contributed by atoms with Crippen LogP contribution in [0.4, 0.5) is 0 Å². The largest absolute Gasteiger partial charge is 0.490 e. The Hall–Kier alpha value is -2.66. The number of nitrogens with two attached hydrogens (primary N) is 1. The number of hydrazone groups is 1. The van der Waals surface area contributed by atoms with Gasteiger partial charge in [0.05, 0.1) is 6.21 Å². The van der Waals surface area contributed by atoms with Crippen molar-refractivity contribution >= 4 is 29.6 Å². The highest BCUT2D eigenvalue weighted by Crippen LogP contribution is 2.11. The average molecular weight is 311 g/mol. The Kier molecular flexibility index (Phi) is 6.14. The van der Waals surface area contributed by atoms with Gasteiger partial charge in [0.1, 0.15) is 12.4 Å². The summed E-state index contributed by atoms with van der Waals surface area (Å²) >= 11 is 4.65. The molecule has 0 aliphatic carbocycles. The van der Waals surface area contributed by atoms with Gasteiger partial charge in [0.2, 0.25) is 0 Å². The smallest absolute Gasteiger partial charge is 0.184 e. The number of rotatable bonds is 6. The molecule has 0 fully saturated rings. The van der Waals surface area contributed by atoms with Crippen molar-refractivity contribution in [2.75, 3.05) is 6.61 Å². The van der Waals surface area contributed by atoms with Gasteiger partial charge >= 0.3 is 0 Å². The van der Waals surface area contributed by atoms with Crippen LogP contribution in [0.25, 0.3) is 6.08 Å². The molecule has 0 spiro atoms. The van der Waals surface area contributed by atoms with Gasteiger partial charge in [-0.3, -0.25) is 5.43 Å². The van der Waals surface area contributed by atoms with Crippen LogP contribution >= 0.6 is 12.2 Å². The zero-order valence-electron chi connectivity index (χ0n) is 12.0. The fourth-order valence-corrected chi connectivity index (χ4v) is 1.77. The van der Waals surface area contributed by atoms with Gasteiger partial charge in [0, 0.05) is 0 Å². The summed E-state index contributed by atoms with van der Waals surface area (Å²) in [6.07, 6.45) is 5.65. The number of hydrogen-bond donors (Lipinski definition) is 2. The number of hydrogen-bond acceptors (Lipinski definition) is 3. The van der Waals surface area contributed by atoms with Crippen LogP contribution in [0.3, 0.4) is 0 Å². The molecule has 0 bridgehead atoms. The van der Waals surface area contributed by atoms with Gasteiger partial charge in [0.25, 0.3) is 0 Å². The van der Waals surface area contributed by atoms with Gasteiger partial charge < -0.3 is 10.5 Å². The Morgan fingerprint density at radius 2 is 1.82 bits per heavy atom. The van der Waals surface area contributed by atoms with E-state index < -0.39 is 0 Å². The molecule has 2 rings (SSSR count). The summed E-state index contributed by atoms with van der Waals surface area (Å²) in [5, 5.41) is 4.03. The third-order valence-corrected chi connectivity index (χ3v) is 2.82. The van der Waals surface area contributed by atoms with Crippen LogP contribution in [0, 0.1) is 0 Å². The molecule has 2 aromatic rings. The minimum atomic E-state index is 0.140. The monoisotopic (exact) mass is 311 g/mol. The predicted octanol–water partition coefficient (Wildman–Crippen LogP) is 2.95. The van der Waals surface area contributed by atoms with E-state index in [1.165, 1.54) is 0 Å². The molecule has 0 heterocycles. The maximum atomic E-state index is 5.64. The average Bonchev–Trinajstić information content (AvgIpc) is 2.54. The van der Waals surface area contributed by atoms with Crippen LogP contribution in [-0.4, -0.2) is 17.9 Å². The van der Waals surface area contributed by atoms with Gasteiger partial charge in [-0.05, 0) is 53.7 Å². The predicted molar refractivity (Wildman–Crippen MR) is 94.9 cm³/mol. The summed E-state index contributed by atoms with van der Waals surface area (Å²) in [5.41, 5.74) is 9.86. The molecule has 0 aliphatic rings. The lowest BCUT2D eigenvalue weighted by Crippen LogP contribution is -2.23. The summed E-state index contributed by atoms with van der Waals surface area (Å²) in [5.74, 6) is 0.803. The van der Waals surface area contributed by atoms with Gasteiger partial charge in [0.15, 0.2) is 5.11 Å². The summed E-state index contributed by atoms with van der Waals surface area (Å²) in [4.78, 5) is 0. The molecule has 0 atom stereocenters. The van der Waals surface area contributed by atoms with E-state index in [-0.39, 0.29) is 5.11 Å². The van der Waals surface area contributed by atoms with Crippen LogP contribution in [0.2, 0.25) is 0 Å². The highest BCUT2D eigenvalue weighted by Gasteiger charge is 1.93. The van der Waals surface area contributed by atoms with Crippen molar-refractivity contribution in [1.29, 1.82) is 0 Å². The normalized spacial score (nSPS) is 10.9. The van der Waals surface area contributed by atoms with E-state index in [4.69, 9.17) is 10.5 Å². The first-order chi connectivity index (χ1) is 10.7. The van der Waals surface area contributed by atoms with Crippen molar-refractivity contribution in [3.05, 3.63) is 71.8 Å². The molecule has 2 aromatic carbocycles. The van der Waals surface area contributed by atoms with Crippen LogP contribution in [-0.2, 0) is 0 Å². The van der Waals surface area contributed by atoms with Gasteiger partial charge in [-0.15, -0.1) is 0 Å². The second kappa shape index (κ2) is 8.59. The lowest BCUT2D eigenvalue weighted by atomic mass is 10.2. The highest BCUT2D eigenvalue weighted by atomic mass is 32.1. The summed E-state index contributed by atoms with van der Waals surface area (Å²) < 4.78 is 5.64. The summed E-state index contributed by atoms with van der Waals surface area (Å²) in [6, 6.07) is 17.7. The van der Waals surface area contributed by atoms with Crippen molar-refractivity contribution in [2.45, 2.75) is 0 Å². The number of benzene rings is 2. The maximum absolute atomic E-state index is 5.64. The Morgan fingerprint density at radius 3 is 2.50 bits per heavy atom. The van der Waals surface area contributed by atoms with E-state index in [0.29, 0.717) is 6.61 Å². The molecule has 4 nitrogen and oxygen atoms in total. The van der Waals surface area contributed by atoms with Gasteiger partial charge in [-0.25, -0.2) is 0 Å². The Balaban J connectivity index is 1.80. The molecule has 0 amide bonds. The molecule has 0 radical (unpaired) electrons. The van der Waals surface area contributed by atoms with E-state index in [9.17, 15) is 0 Å². The van der Waals surface area contributed by atoms with Gasteiger partial charge in [-0.2, -0.15) is 5.10 Å². The van der Waals surface area contributed by atoms with Crippen LogP contribution in [0.15, 0.2) is 65.8 Å². The lowest BCUT2D eigenvalue weighted by Gasteiger charge is -2.03. The Morgan fingerprint density at radius 1 is 1.09 bits per heavy atom. The molecule has 0 unspecified atom stereocenters. The third-order valence-electron chi connectivity index (χ3n) is 2.72. The number of ether oxygens (including phenoxy) is 1. The first kappa shape index (κ1) is 15.7. The second-order valence-electron chi connectivity index (χ2n) is 4.43. The first-order valence-corrected chi connectivity index (χ1v) is 7.18. The molecule has 5 heteroatoms. The van der Waals surface area contributed by atoms with Crippen molar-refractivity contribution in [1.82, 2.24) is 5.43 Å². The highest BCUT2D eigenvalue weighted by molar-refractivity contribution is 7.80. The SMILES string of the molecule is NC(=S)N/N=C/c1ccc(OC/C=C/c2ccccc2)cc1. The molecular weight excluding hydrogens is 294 g/mol. The van der Waals surface area contributed by atoms with Gasteiger partial charge in [-0.1, -0.05) is 36.4 Å². The Bertz CT molecular complexity index is 651. The summed E-state index contributed by atoms with van der Waals surface area (Å²) in [6.45, 7) is 0.519. The molecule has 112 valence electrons. The molecule has 0 aliphatic heterocycles. The molecule has 0 saturated heterocycles. The van der Waals surface area contributed by atoms with E-state index in [1.54, 1.807) is 6.21 Å². The van der Waals surface area contributed by atoms with Crippen LogP contribution in [0.1, 0.15) is 11.1 Å². The van der Waals surface area contributed by atoms with E-state index in [1.807, 2.05) is 66.7 Å². The molecule has 22 heavy (non-hydrogen) atoms. The minimum Gasteiger partial charge on any atom is -0.490 e. The fourth-order valence-electron chi connectivity index (χ4n) is 1.71. The van der Waals surface area contributed by atoms with E-state index >= 15 is 0 Å². The molecule has 0 saturated carbocycles. The van der Waals surface area contributed by atoms with Crippen LogP contribution < -0.4 is 15.9 Å². The number of nitrogens with zero attached hydrogens (tertiary/aromatic N) is 1. The van der Waals surface area contributed by atoms with E-state index in [0.717, 1.165) is 16.9 Å². The number of thiocarbonyl (C=S) groups is 1. The standard InChI is InChI=1S/C17H17N3OS/c18-17(22)20-19-13-15-8-10-16(11-9-15)21-12-4-7-14-5-2-1-3-6-14/h1-11,13H,12H2,(H3,18,20,22)/b7-4+,19-13+. The fraction of sp³-hybridized carbons (Fsp3) is 0.0588. The zero-order chi connectivity index (χ0) is 15.6. The van der Waals surface area contributed by atoms with Crippen molar-refractivity contribution in [2.24, 2.45) is 10.8 Å². The van der Waals surface area contributed by atoms with Crippen LogP contribution in [0.5, 0.6) is 5.75 Å². The van der Waals surface area contributed by atoms with Crippen molar-refractivity contribution in [3.8, 4) is 5.75 Å². The molecule has 3 N–H and O–H groups in total. The second-order valence-corrected chi connectivity index (χ2v) is 4.87. The lowest BCUT2D eigenvalue weighted by molar-refractivity contribution is 0.363.